The second-order valence-corrected chi connectivity index (χ2v) is 9.65. The number of hydrogen-bond acceptors (Lipinski definition) is 4. The fraction of sp³-hybridized carbons (Fsp3) is 0.0909. The zero-order valence-corrected chi connectivity index (χ0v) is 19.3. The molecule has 0 radical (unpaired) electrons. The van der Waals surface area contributed by atoms with Crippen LogP contribution >= 0.6 is 23.2 Å². The molecule has 1 saturated heterocycles. The molecular formula is C22H18Cl2N4O4S. The second-order valence-electron chi connectivity index (χ2n) is 7.13. The first kappa shape index (κ1) is 23.1. The summed E-state index contributed by atoms with van der Waals surface area (Å²) in [6.07, 6.45) is 0. The first-order valence-corrected chi connectivity index (χ1v) is 12.0. The largest absolute Gasteiger partial charge is 0.322 e. The Morgan fingerprint density at radius 2 is 1.61 bits per heavy atom. The van der Waals surface area contributed by atoms with Gasteiger partial charge < -0.3 is 10.6 Å². The third-order valence-corrected chi connectivity index (χ3v) is 6.97. The van der Waals surface area contributed by atoms with Crippen LogP contribution in [0.25, 0.3) is 0 Å². The van der Waals surface area contributed by atoms with E-state index >= 15 is 0 Å². The van der Waals surface area contributed by atoms with E-state index in [1.807, 2.05) is 0 Å². The highest BCUT2D eigenvalue weighted by Crippen LogP contribution is 2.27. The molecule has 8 nitrogen and oxygen atoms in total. The van der Waals surface area contributed by atoms with E-state index in [1.54, 1.807) is 48.5 Å². The molecule has 2 amide bonds. The molecule has 0 aromatic heterocycles. The maximum atomic E-state index is 12.7. The minimum Gasteiger partial charge on any atom is -0.322 e. The van der Waals surface area contributed by atoms with Crippen LogP contribution < -0.4 is 19.7 Å². The zero-order chi connectivity index (χ0) is 23.6. The third-order valence-electron chi connectivity index (χ3n) is 4.87. The van der Waals surface area contributed by atoms with Gasteiger partial charge in [0.25, 0.3) is 11.8 Å². The van der Waals surface area contributed by atoms with E-state index in [1.165, 1.54) is 22.5 Å². The van der Waals surface area contributed by atoms with Crippen LogP contribution in [-0.2, 0) is 10.2 Å². The van der Waals surface area contributed by atoms with Crippen molar-refractivity contribution in [1.29, 1.82) is 0 Å². The van der Waals surface area contributed by atoms with E-state index in [4.69, 9.17) is 23.2 Å². The summed E-state index contributed by atoms with van der Waals surface area (Å²) in [5, 5.41) is 6.17. The van der Waals surface area contributed by atoms with Crippen molar-refractivity contribution in [3.63, 3.8) is 0 Å². The Morgan fingerprint density at radius 1 is 0.879 bits per heavy atom. The predicted molar refractivity (Wildman–Crippen MR) is 130 cm³/mol. The summed E-state index contributed by atoms with van der Waals surface area (Å²) >= 11 is 12.1. The van der Waals surface area contributed by atoms with Gasteiger partial charge in [-0.1, -0.05) is 29.3 Å². The molecule has 170 valence electrons. The molecule has 3 N–H and O–H groups in total. The van der Waals surface area contributed by atoms with Crippen LogP contribution in [0.4, 0.5) is 17.1 Å². The van der Waals surface area contributed by atoms with Crippen LogP contribution in [0.3, 0.4) is 0 Å². The summed E-state index contributed by atoms with van der Waals surface area (Å²) < 4.78 is 27.6. The SMILES string of the molecule is O=C(Nc1ccc(Cl)c(NC(=O)c2cccc(Cl)c2)c1)c1ccc(N2CCNS2(=O)=O)cc1. The summed E-state index contributed by atoms with van der Waals surface area (Å²) in [4.78, 5) is 25.2. The minimum absolute atomic E-state index is 0.299. The Bertz CT molecular complexity index is 1330. The molecule has 1 fully saturated rings. The molecule has 11 heteroatoms. The van der Waals surface area contributed by atoms with Gasteiger partial charge in [0.1, 0.15) is 0 Å². The van der Waals surface area contributed by atoms with E-state index in [9.17, 15) is 18.0 Å². The number of hydrogen-bond donors (Lipinski definition) is 3. The van der Waals surface area contributed by atoms with E-state index in [0.717, 1.165) is 0 Å². The lowest BCUT2D eigenvalue weighted by atomic mass is 10.1. The summed E-state index contributed by atoms with van der Waals surface area (Å²) in [6, 6.07) is 17.4. The Labute approximate surface area is 200 Å². The van der Waals surface area contributed by atoms with E-state index in [-0.39, 0.29) is 0 Å². The highest BCUT2D eigenvalue weighted by atomic mass is 35.5. The quantitative estimate of drug-likeness (QED) is 0.484. The number of nitrogens with one attached hydrogen (secondary N) is 3. The first-order valence-electron chi connectivity index (χ1n) is 9.78. The number of rotatable bonds is 5. The van der Waals surface area contributed by atoms with Crippen molar-refractivity contribution < 1.29 is 18.0 Å². The standard InChI is InChI=1S/C22H18Cl2N4O4S/c23-16-3-1-2-15(12-16)22(30)27-20-13-17(6-9-19(20)24)26-21(29)14-4-7-18(8-5-14)28-11-10-25-33(28,31)32/h1-9,12-13,25H,10-11H2,(H,26,29)(H,27,30). The average molecular weight is 505 g/mol. The van der Waals surface area contributed by atoms with Gasteiger partial charge in [-0.15, -0.1) is 0 Å². The maximum absolute atomic E-state index is 12.7. The molecule has 0 atom stereocenters. The molecule has 0 unspecified atom stereocenters. The van der Waals surface area contributed by atoms with Crippen molar-refractivity contribution in [3.05, 3.63) is 87.9 Å². The van der Waals surface area contributed by atoms with E-state index in [0.29, 0.717) is 51.3 Å². The van der Waals surface area contributed by atoms with Gasteiger partial charge in [0.2, 0.25) is 0 Å². The number of amides is 2. The molecule has 0 saturated carbocycles. The van der Waals surface area contributed by atoms with Gasteiger partial charge in [0.05, 0.1) is 16.4 Å². The number of carbonyl (C=O) groups excluding carboxylic acids is 2. The highest BCUT2D eigenvalue weighted by Gasteiger charge is 2.27. The van der Waals surface area contributed by atoms with Gasteiger partial charge in [0, 0.05) is 34.9 Å². The van der Waals surface area contributed by atoms with Crippen molar-refractivity contribution >= 4 is 62.3 Å². The van der Waals surface area contributed by atoms with E-state index in [2.05, 4.69) is 15.4 Å². The molecular weight excluding hydrogens is 487 g/mol. The summed E-state index contributed by atoms with van der Waals surface area (Å²) in [7, 11) is -3.53. The van der Waals surface area contributed by atoms with Crippen molar-refractivity contribution in [1.82, 2.24) is 4.72 Å². The van der Waals surface area contributed by atoms with Crippen LogP contribution in [0.1, 0.15) is 20.7 Å². The van der Waals surface area contributed by atoms with Crippen LogP contribution in [0.15, 0.2) is 66.7 Å². The lowest BCUT2D eigenvalue weighted by Crippen LogP contribution is -2.29. The van der Waals surface area contributed by atoms with Gasteiger partial charge in [-0.3, -0.25) is 13.9 Å². The molecule has 4 rings (SSSR count). The number of carbonyl (C=O) groups is 2. The first-order chi connectivity index (χ1) is 15.7. The highest BCUT2D eigenvalue weighted by molar-refractivity contribution is 7.91. The van der Waals surface area contributed by atoms with Crippen molar-refractivity contribution in [2.45, 2.75) is 0 Å². The Balaban J connectivity index is 1.47. The van der Waals surface area contributed by atoms with Crippen molar-refractivity contribution in [2.24, 2.45) is 0 Å². The van der Waals surface area contributed by atoms with Gasteiger partial charge in [-0.2, -0.15) is 13.1 Å². The molecule has 3 aromatic carbocycles. The lowest BCUT2D eigenvalue weighted by molar-refractivity contribution is 0.101. The van der Waals surface area contributed by atoms with Crippen LogP contribution in [0.5, 0.6) is 0 Å². The molecule has 1 aliphatic rings. The average Bonchev–Trinajstić information content (AvgIpc) is 3.15. The fourth-order valence-corrected chi connectivity index (χ4v) is 4.84. The Hall–Kier alpha value is -3.11. The topological polar surface area (TPSA) is 108 Å². The summed E-state index contributed by atoms with van der Waals surface area (Å²) in [5.74, 6) is -0.803. The molecule has 33 heavy (non-hydrogen) atoms. The number of halogens is 2. The zero-order valence-electron chi connectivity index (χ0n) is 17.0. The normalized spacial score (nSPS) is 14.7. The van der Waals surface area contributed by atoms with Gasteiger partial charge >= 0.3 is 10.2 Å². The molecule has 1 aliphatic heterocycles. The molecule has 1 heterocycles. The predicted octanol–water partition coefficient (Wildman–Crippen LogP) is 4.15. The van der Waals surface area contributed by atoms with Gasteiger partial charge in [-0.25, -0.2) is 0 Å². The van der Waals surface area contributed by atoms with Crippen molar-refractivity contribution in [2.75, 3.05) is 28.0 Å². The molecule has 3 aromatic rings. The minimum atomic E-state index is -3.53. The maximum Gasteiger partial charge on any atom is 0.301 e. The van der Waals surface area contributed by atoms with Gasteiger partial charge in [0.15, 0.2) is 0 Å². The molecule has 0 bridgehead atoms. The summed E-state index contributed by atoms with van der Waals surface area (Å²) in [6.45, 7) is 0.652. The third kappa shape index (κ3) is 5.28. The van der Waals surface area contributed by atoms with Crippen LogP contribution in [0.2, 0.25) is 10.0 Å². The van der Waals surface area contributed by atoms with Crippen molar-refractivity contribution in [3.8, 4) is 0 Å². The second kappa shape index (κ2) is 9.40. The summed E-state index contributed by atoms with van der Waals surface area (Å²) in [5.41, 5.74) is 1.91. The monoisotopic (exact) mass is 504 g/mol. The molecule has 0 aliphatic carbocycles. The number of anilines is 3. The smallest absolute Gasteiger partial charge is 0.301 e. The van der Waals surface area contributed by atoms with Crippen LogP contribution in [-0.4, -0.2) is 33.3 Å². The Morgan fingerprint density at radius 3 is 2.27 bits per heavy atom. The number of benzene rings is 3. The van der Waals surface area contributed by atoms with Gasteiger partial charge in [-0.05, 0) is 60.7 Å². The fourth-order valence-electron chi connectivity index (χ4n) is 3.25. The van der Waals surface area contributed by atoms with E-state index < -0.39 is 22.0 Å². The molecule has 0 spiro atoms. The lowest BCUT2D eigenvalue weighted by Gasteiger charge is -2.16. The Kier molecular flexibility index (Phi) is 6.57. The number of nitrogens with zero attached hydrogens (tertiary/aromatic N) is 1. The van der Waals surface area contributed by atoms with Crippen LogP contribution in [0, 0.1) is 0 Å².